The van der Waals surface area contributed by atoms with Crippen LogP contribution in [0.2, 0.25) is 0 Å². The summed E-state index contributed by atoms with van der Waals surface area (Å²) in [5.74, 6) is 0.813. The maximum Gasteiger partial charge on any atom is 0.276 e. The van der Waals surface area contributed by atoms with Crippen molar-refractivity contribution in [3.05, 3.63) is 29.8 Å². The van der Waals surface area contributed by atoms with Crippen LogP contribution >= 0.6 is 0 Å². The van der Waals surface area contributed by atoms with E-state index in [-0.39, 0.29) is 6.04 Å². The van der Waals surface area contributed by atoms with E-state index >= 15 is 0 Å². The number of benzene rings is 1. The van der Waals surface area contributed by atoms with Crippen LogP contribution in [-0.4, -0.2) is 59.8 Å². The zero-order chi connectivity index (χ0) is 16.7. The first-order chi connectivity index (χ1) is 11.1. The summed E-state index contributed by atoms with van der Waals surface area (Å²) < 4.78 is 39.1. The molecule has 0 aliphatic carbocycles. The summed E-state index contributed by atoms with van der Waals surface area (Å²) in [6.07, 6.45) is 0. The summed E-state index contributed by atoms with van der Waals surface area (Å²) in [5.41, 5.74) is 1.05. The number of hydrogen-bond donors (Lipinski definition) is 2. The summed E-state index contributed by atoms with van der Waals surface area (Å²) in [6.45, 7) is 5.74. The molecule has 0 radical (unpaired) electrons. The van der Waals surface area contributed by atoms with Gasteiger partial charge in [-0.15, -0.1) is 0 Å². The van der Waals surface area contributed by atoms with Gasteiger partial charge in [-0.05, 0) is 24.6 Å². The van der Waals surface area contributed by atoms with E-state index in [1.165, 1.54) is 7.05 Å². The van der Waals surface area contributed by atoms with Gasteiger partial charge in [-0.1, -0.05) is 12.1 Å². The number of rotatable bonds is 8. The molecular weight excluding hydrogens is 318 g/mol. The number of hydrogen-bond acceptors (Lipinski definition) is 5. The SMILES string of the molecule is CCOc1ccc(C(CNS(=O)(=O)NC)N2CCOCC2)cc1. The molecule has 130 valence electrons. The van der Waals surface area contributed by atoms with Crippen molar-refractivity contribution in [2.45, 2.75) is 13.0 Å². The zero-order valence-electron chi connectivity index (χ0n) is 13.6. The van der Waals surface area contributed by atoms with E-state index in [0.717, 1.165) is 24.4 Å². The monoisotopic (exact) mass is 343 g/mol. The molecule has 0 saturated carbocycles. The Morgan fingerprint density at radius 3 is 2.48 bits per heavy atom. The van der Waals surface area contributed by atoms with Crippen molar-refractivity contribution >= 4 is 10.2 Å². The van der Waals surface area contributed by atoms with Crippen molar-refractivity contribution in [1.29, 1.82) is 0 Å². The number of morpholine rings is 1. The van der Waals surface area contributed by atoms with E-state index in [1.807, 2.05) is 31.2 Å². The van der Waals surface area contributed by atoms with E-state index in [9.17, 15) is 8.42 Å². The summed E-state index contributed by atoms with van der Waals surface area (Å²) in [7, 11) is -2.07. The molecule has 1 aromatic carbocycles. The zero-order valence-corrected chi connectivity index (χ0v) is 14.4. The maximum absolute atomic E-state index is 11.7. The van der Waals surface area contributed by atoms with E-state index in [1.54, 1.807) is 0 Å². The van der Waals surface area contributed by atoms with Gasteiger partial charge in [0.05, 0.1) is 19.8 Å². The van der Waals surface area contributed by atoms with Crippen molar-refractivity contribution in [2.24, 2.45) is 0 Å². The second-order valence-corrected chi connectivity index (χ2v) is 6.93. The van der Waals surface area contributed by atoms with Gasteiger partial charge in [-0.2, -0.15) is 8.42 Å². The van der Waals surface area contributed by atoms with Gasteiger partial charge in [0.25, 0.3) is 10.2 Å². The van der Waals surface area contributed by atoms with Crippen molar-refractivity contribution in [2.75, 3.05) is 46.5 Å². The first kappa shape index (κ1) is 18.2. The summed E-state index contributed by atoms with van der Waals surface area (Å²) in [4.78, 5) is 2.23. The van der Waals surface area contributed by atoms with Gasteiger partial charge in [-0.25, -0.2) is 9.44 Å². The molecule has 2 rings (SSSR count). The van der Waals surface area contributed by atoms with Crippen LogP contribution in [0, 0.1) is 0 Å². The summed E-state index contributed by atoms with van der Waals surface area (Å²) in [5, 5.41) is 0. The van der Waals surface area contributed by atoms with Crippen LogP contribution in [0.15, 0.2) is 24.3 Å². The van der Waals surface area contributed by atoms with Gasteiger partial charge in [0.2, 0.25) is 0 Å². The lowest BCUT2D eigenvalue weighted by Crippen LogP contribution is -2.45. The second-order valence-electron chi connectivity index (χ2n) is 5.22. The maximum atomic E-state index is 11.7. The third kappa shape index (κ3) is 5.43. The fourth-order valence-electron chi connectivity index (χ4n) is 2.56. The molecule has 2 N–H and O–H groups in total. The Morgan fingerprint density at radius 2 is 1.91 bits per heavy atom. The molecular formula is C15H25N3O4S. The molecule has 23 heavy (non-hydrogen) atoms. The van der Waals surface area contributed by atoms with E-state index in [4.69, 9.17) is 9.47 Å². The normalized spacial score (nSPS) is 17.8. The molecule has 0 aromatic heterocycles. The highest BCUT2D eigenvalue weighted by Crippen LogP contribution is 2.24. The Hall–Kier alpha value is -1.19. The molecule has 1 saturated heterocycles. The van der Waals surface area contributed by atoms with Gasteiger partial charge >= 0.3 is 0 Å². The van der Waals surface area contributed by atoms with Crippen LogP contribution in [0.1, 0.15) is 18.5 Å². The minimum Gasteiger partial charge on any atom is -0.494 e. The van der Waals surface area contributed by atoms with Crippen molar-refractivity contribution < 1.29 is 17.9 Å². The molecule has 1 aliphatic heterocycles. The van der Waals surface area contributed by atoms with Crippen molar-refractivity contribution in [3.8, 4) is 5.75 Å². The Bertz CT molecular complexity index is 571. The molecule has 1 aromatic rings. The van der Waals surface area contributed by atoms with E-state index in [0.29, 0.717) is 26.4 Å². The van der Waals surface area contributed by atoms with Gasteiger partial charge in [0, 0.05) is 32.7 Å². The molecule has 1 aliphatic rings. The molecule has 7 nitrogen and oxygen atoms in total. The van der Waals surface area contributed by atoms with Crippen molar-refractivity contribution in [1.82, 2.24) is 14.3 Å². The highest BCUT2D eigenvalue weighted by Gasteiger charge is 2.24. The van der Waals surface area contributed by atoms with E-state index in [2.05, 4.69) is 14.3 Å². The molecule has 1 fully saturated rings. The highest BCUT2D eigenvalue weighted by molar-refractivity contribution is 7.87. The third-order valence-electron chi connectivity index (χ3n) is 3.80. The number of nitrogens with one attached hydrogen (secondary N) is 2. The lowest BCUT2D eigenvalue weighted by Gasteiger charge is -2.34. The first-order valence-corrected chi connectivity index (χ1v) is 9.26. The molecule has 0 spiro atoms. The van der Waals surface area contributed by atoms with Crippen LogP contribution < -0.4 is 14.2 Å². The lowest BCUT2D eigenvalue weighted by molar-refractivity contribution is 0.0172. The van der Waals surface area contributed by atoms with Crippen LogP contribution in [0.5, 0.6) is 5.75 Å². The molecule has 1 heterocycles. The van der Waals surface area contributed by atoms with Crippen LogP contribution in [-0.2, 0) is 14.9 Å². The van der Waals surface area contributed by atoms with Gasteiger partial charge < -0.3 is 9.47 Å². The highest BCUT2D eigenvalue weighted by atomic mass is 32.2. The smallest absolute Gasteiger partial charge is 0.276 e. The quantitative estimate of drug-likeness (QED) is 0.719. The Morgan fingerprint density at radius 1 is 1.26 bits per heavy atom. The van der Waals surface area contributed by atoms with Crippen LogP contribution in [0.4, 0.5) is 0 Å². The summed E-state index contributed by atoms with van der Waals surface area (Å²) in [6, 6.07) is 7.76. The van der Waals surface area contributed by atoms with Gasteiger partial charge in [0.1, 0.15) is 5.75 Å². The van der Waals surface area contributed by atoms with Crippen LogP contribution in [0.3, 0.4) is 0 Å². The van der Waals surface area contributed by atoms with Crippen LogP contribution in [0.25, 0.3) is 0 Å². The fraction of sp³-hybridized carbons (Fsp3) is 0.600. The van der Waals surface area contributed by atoms with Crippen molar-refractivity contribution in [3.63, 3.8) is 0 Å². The third-order valence-corrected chi connectivity index (χ3v) is 4.88. The Balaban J connectivity index is 2.14. The molecule has 0 amide bonds. The second kappa shape index (κ2) is 8.60. The largest absolute Gasteiger partial charge is 0.494 e. The van der Waals surface area contributed by atoms with Gasteiger partial charge in [-0.3, -0.25) is 4.90 Å². The average Bonchev–Trinajstić information content (AvgIpc) is 2.58. The van der Waals surface area contributed by atoms with Gasteiger partial charge in [0.15, 0.2) is 0 Å². The summed E-state index contributed by atoms with van der Waals surface area (Å²) >= 11 is 0. The van der Waals surface area contributed by atoms with E-state index < -0.39 is 10.2 Å². The minimum atomic E-state index is -3.46. The number of ether oxygens (including phenoxy) is 2. The predicted octanol–water partition coefficient (Wildman–Crippen LogP) is 0.512. The number of nitrogens with zero attached hydrogens (tertiary/aromatic N) is 1. The molecule has 8 heteroatoms. The first-order valence-electron chi connectivity index (χ1n) is 7.78. The topological polar surface area (TPSA) is 79.9 Å². The standard InChI is InChI=1S/C15H25N3O4S/c1-3-22-14-6-4-13(5-7-14)15(12-17-23(19,20)16-2)18-8-10-21-11-9-18/h4-7,15-17H,3,8-12H2,1-2H3. The lowest BCUT2D eigenvalue weighted by atomic mass is 10.0. The minimum absolute atomic E-state index is 0.0438. The Kier molecular flexibility index (Phi) is 6.79. The predicted molar refractivity (Wildman–Crippen MR) is 88.7 cm³/mol. The molecule has 0 bridgehead atoms. The molecule has 1 atom stereocenters. The fourth-order valence-corrected chi connectivity index (χ4v) is 3.08. The molecule has 1 unspecified atom stereocenters. The average molecular weight is 343 g/mol. The Labute approximate surface area is 138 Å².